The normalized spacial score (nSPS) is 20.7. The summed E-state index contributed by atoms with van der Waals surface area (Å²) in [6.07, 6.45) is 2.35. The van der Waals surface area contributed by atoms with Crippen LogP contribution in [0.5, 0.6) is 5.75 Å². The molecule has 1 aliphatic heterocycles. The van der Waals surface area contributed by atoms with Crippen LogP contribution < -0.4 is 20.7 Å². The number of carbonyl (C=O) groups is 1. The molecule has 1 saturated carbocycles. The predicted molar refractivity (Wildman–Crippen MR) is 113 cm³/mol. The average molecular weight is 443 g/mol. The van der Waals surface area contributed by atoms with Crippen LogP contribution in [0.1, 0.15) is 50.5 Å². The molecule has 1 aromatic heterocycles. The van der Waals surface area contributed by atoms with Crippen molar-refractivity contribution in [2.24, 2.45) is 11.8 Å². The molecule has 3 rings (SSSR count). The Labute approximate surface area is 181 Å². The van der Waals surface area contributed by atoms with E-state index in [0.717, 1.165) is 76.3 Å². The fraction of sp³-hybridized carbons (Fsp3) is 0.727. The van der Waals surface area contributed by atoms with Gasteiger partial charge in [0.1, 0.15) is 0 Å². The first kappa shape index (κ1) is 23.6. The van der Waals surface area contributed by atoms with E-state index in [9.17, 15) is 18.0 Å². The molecule has 0 spiro atoms. The summed E-state index contributed by atoms with van der Waals surface area (Å²) in [5.41, 5.74) is 1.21. The highest BCUT2D eigenvalue weighted by molar-refractivity contribution is 5.75. The summed E-state index contributed by atoms with van der Waals surface area (Å²) in [6, 6.07) is 2.00. The van der Waals surface area contributed by atoms with Gasteiger partial charge < -0.3 is 20.7 Å². The highest BCUT2D eigenvalue weighted by Crippen LogP contribution is 2.31. The second-order valence-corrected chi connectivity index (χ2v) is 8.52. The van der Waals surface area contributed by atoms with Crippen LogP contribution >= 0.6 is 0 Å². The molecule has 0 atom stereocenters. The maximum atomic E-state index is 12.2. The van der Waals surface area contributed by atoms with Gasteiger partial charge in [-0.25, -0.2) is 4.98 Å². The number of rotatable bonds is 11. The lowest BCUT2D eigenvalue weighted by Crippen LogP contribution is -2.32. The molecule has 31 heavy (non-hydrogen) atoms. The van der Waals surface area contributed by atoms with Gasteiger partial charge in [0.2, 0.25) is 5.91 Å². The Balaban J connectivity index is 1.20. The van der Waals surface area contributed by atoms with Crippen LogP contribution in [0.15, 0.2) is 12.3 Å². The van der Waals surface area contributed by atoms with Gasteiger partial charge in [0, 0.05) is 44.2 Å². The topological polar surface area (TPSA) is 75.3 Å². The number of aromatic nitrogens is 1. The number of alkyl halides is 3. The monoisotopic (exact) mass is 442 g/mol. The van der Waals surface area contributed by atoms with Crippen molar-refractivity contribution in [2.75, 3.05) is 38.1 Å². The van der Waals surface area contributed by atoms with Crippen molar-refractivity contribution in [1.29, 1.82) is 0 Å². The van der Waals surface area contributed by atoms with Crippen molar-refractivity contribution in [3.63, 3.8) is 0 Å². The maximum Gasteiger partial charge on any atom is 0.389 e. The second kappa shape index (κ2) is 11.5. The van der Waals surface area contributed by atoms with Crippen LogP contribution in [0.2, 0.25) is 0 Å². The molecule has 0 radical (unpaired) electrons. The third kappa shape index (κ3) is 8.20. The molecule has 174 valence electrons. The molecule has 0 saturated heterocycles. The van der Waals surface area contributed by atoms with Crippen LogP contribution in [0.25, 0.3) is 0 Å². The summed E-state index contributed by atoms with van der Waals surface area (Å²) >= 11 is 0. The highest BCUT2D eigenvalue weighted by Gasteiger charge is 2.28. The minimum Gasteiger partial charge on any atom is -0.489 e. The van der Waals surface area contributed by atoms with Gasteiger partial charge in [-0.3, -0.25) is 4.79 Å². The van der Waals surface area contributed by atoms with Crippen molar-refractivity contribution in [3.05, 3.63) is 17.8 Å². The van der Waals surface area contributed by atoms with Crippen molar-refractivity contribution in [3.8, 4) is 5.75 Å². The average Bonchev–Trinajstić information content (AvgIpc) is 3.23. The zero-order valence-electron chi connectivity index (χ0n) is 17.9. The van der Waals surface area contributed by atoms with Crippen LogP contribution in [0, 0.1) is 11.8 Å². The highest BCUT2D eigenvalue weighted by atomic mass is 19.4. The Bertz CT molecular complexity index is 706. The molecule has 1 aromatic rings. The van der Waals surface area contributed by atoms with E-state index < -0.39 is 24.9 Å². The van der Waals surface area contributed by atoms with Gasteiger partial charge in [0.25, 0.3) is 0 Å². The molecule has 0 unspecified atom stereocenters. The first-order valence-electron chi connectivity index (χ1n) is 11.3. The lowest BCUT2D eigenvalue weighted by molar-refractivity contribution is -0.144. The van der Waals surface area contributed by atoms with Crippen LogP contribution in [0.3, 0.4) is 0 Å². The number of anilines is 1. The maximum absolute atomic E-state index is 12.2. The Morgan fingerprint density at radius 2 is 1.90 bits per heavy atom. The standard InChI is InChI=1S/C22H33F3N4O2/c23-22(24,25)9-5-19(30)29-15-17-3-1-16(2-4-17)6-10-26-12-13-28-21-20-18(7-11-27-21)8-14-31-20/h7,11,16-17,26H,1-6,8-10,12-15H2,(H,27,28)(H,29,30). The lowest BCUT2D eigenvalue weighted by atomic mass is 9.80. The van der Waals surface area contributed by atoms with E-state index in [1.54, 1.807) is 0 Å². The molecule has 6 nitrogen and oxygen atoms in total. The zero-order valence-corrected chi connectivity index (χ0v) is 17.9. The van der Waals surface area contributed by atoms with E-state index in [4.69, 9.17) is 4.74 Å². The molecule has 0 bridgehead atoms. The Morgan fingerprint density at radius 1 is 1.13 bits per heavy atom. The van der Waals surface area contributed by atoms with Gasteiger partial charge in [-0.15, -0.1) is 0 Å². The molecule has 1 fully saturated rings. The molecular weight excluding hydrogens is 409 g/mol. The SMILES string of the molecule is O=C(CCC(F)(F)F)NCC1CCC(CCNCCNc2nccc3c2OCC3)CC1. The van der Waals surface area contributed by atoms with Crippen molar-refractivity contribution >= 4 is 11.7 Å². The number of ether oxygens (including phenoxy) is 1. The molecule has 1 amide bonds. The smallest absolute Gasteiger partial charge is 0.389 e. The van der Waals surface area contributed by atoms with E-state index in [2.05, 4.69) is 20.9 Å². The van der Waals surface area contributed by atoms with Crippen molar-refractivity contribution < 1.29 is 22.7 Å². The summed E-state index contributed by atoms with van der Waals surface area (Å²) in [7, 11) is 0. The van der Waals surface area contributed by atoms with Gasteiger partial charge in [-0.2, -0.15) is 13.2 Å². The summed E-state index contributed by atoms with van der Waals surface area (Å²) in [4.78, 5) is 15.9. The number of hydrogen-bond acceptors (Lipinski definition) is 5. The number of halogens is 3. The number of amides is 1. The molecule has 3 N–H and O–H groups in total. The molecule has 1 aliphatic carbocycles. The first-order chi connectivity index (χ1) is 14.9. The quantitative estimate of drug-likeness (QED) is 0.456. The Kier molecular flexibility index (Phi) is 8.80. The fourth-order valence-electron chi connectivity index (χ4n) is 4.26. The van der Waals surface area contributed by atoms with Gasteiger partial charge in [-0.05, 0) is 43.7 Å². The molecule has 0 aromatic carbocycles. The van der Waals surface area contributed by atoms with Gasteiger partial charge in [0.05, 0.1) is 13.0 Å². The molecular formula is C22H33F3N4O2. The predicted octanol–water partition coefficient (Wildman–Crippen LogP) is 3.67. The van der Waals surface area contributed by atoms with Crippen molar-refractivity contribution in [2.45, 2.75) is 57.5 Å². The first-order valence-corrected chi connectivity index (χ1v) is 11.3. The Hall–Kier alpha value is -2.03. The van der Waals surface area contributed by atoms with Gasteiger partial charge >= 0.3 is 6.18 Å². The fourth-order valence-corrected chi connectivity index (χ4v) is 4.26. The summed E-state index contributed by atoms with van der Waals surface area (Å²) in [5.74, 6) is 2.26. The number of fused-ring (bicyclic) bond motifs is 1. The van der Waals surface area contributed by atoms with Crippen LogP contribution in [-0.2, 0) is 11.2 Å². The summed E-state index contributed by atoms with van der Waals surface area (Å²) in [5, 5.41) is 9.47. The Morgan fingerprint density at radius 3 is 2.68 bits per heavy atom. The van der Waals surface area contributed by atoms with E-state index >= 15 is 0 Å². The largest absolute Gasteiger partial charge is 0.489 e. The molecule has 9 heteroatoms. The third-order valence-electron chi connectivity index (χ3n) is 6.12. The molecule has 2 aliphatic rings. The number of nitrogens with one attached hydrogen (secondary N) is 3. The van der Waals surface area contributed by atoms with E-state index in [1.165, 1.54) is 5.56 Å². The zero-order chi connectivity index (χ0) is 22.1. The van der Waals surface area contributed by atoms with E-state index in [1.807, 2.05) is 12.3 Å². The second-order valence-electron chi connectivity index (χ2n) is 8.52. The van der Waals surface area contributed by atoms with Crippen LogP contribution in [0.4, 0.5) is 19.0 Å². The number of nitrogens with zero attached hydrogens (tertiary/aromatic N) is 1. The minimum atomic E-state index is -4.27. The molecule has 2 heterocycles. The van der Waals surface area contributed by atoms with Crippen molar-refractivity contribution in [1.82, 2.24) is 15.6 Å². The summed E-state index contributed by atoms with van der Waals surface area (Å²) in [6.45, 7) is 3.81. The lowest BCUT2D eigenvalue weighted by Gasteiger charge is -2.28. The third-order valence-corrected chi connectivity index (χ3v) is 6.12. The number of hydrogen-bond donors (Lipinski definition) is 3. The van der Waals surface area contributed by atoms with Gasteiger partial charge in [-0.1, -0.05) is 12.8 Å². The van der Waals surface area contributed by atoms with Gasteiger partial charge in [0.15, 0.2) is 11.6 Å². The van der Waals surface area contributed by atoms with Crippen LogP contribution in [-0.4, -0.2) is 49.9 Å². The van der Waals surface area contributed by atoms with E-state index in [-0.39, 0.29) is 0 Å². The van der Waals surface area contributed by atoms with E-state index in [0.29, 0.717) is 18.4 Å². The number of pyridine rings is 1. The number of carbonyl (C=O) groups excluding carboxylic acids is 1. The summed E-state index contributed by atoms with van der Waals surface area (Å²) < 4.78 is 42.1. The minimum absolute atomic E-state index is 0.380.